The second kappa shape index (κ2) is 10.9. The maximum atomic E-state index is 12.4. The zero-order chi connectivity index (χ0) is 19.7. The maximum absolute atomic E-state index is 12.4. The predicted octanol–water partition coefficient (Wildman–Crippen LogP) is 3.35. The Bertz CT molecular complexity index is 478. The lowest BCUT2D eigenvalue weighted by Gasteiger charge is -2.42. The molecule has 5 heteroatoms. The Morgan fingerprint density at radius 2 is 2.00 bits per heavy atom. The second-order valence-corrected chi connectivity index (χ2v) is 7.88. The van der Waals surface area contributed by atoms with Crippen LogP contribution in [0.15, 0.2) is 24.3 Å². The Labute approximate surface area is 159 Å². The first kappa shape index (κ1) is 22.9. The Hall–Kier alpha value is -1.17. The number of ether oxygens (including phenoxy) is 2. The fourth-order valence-corrected chi connectivity index (χ4v) is 3.28. The molecule has 0 bridgehead atoms. The van der Waals surface area contributed by atoms with E-state index in [1.807, 2.05) is 19.1 Å². The molecule has 1 rings (SSSR count). The lowest BCUT2D eigenvalue weighted by Crippen LogP contribution is -2.61. The summed E-state index contributed by atoms with van der Waals surface area (Å²) in [6, 6.07) is 0.129. The van der Waals surface area contributed by atoms with E-state index in [0.29, 0.717) is 25.1 Å². The van der Waals surface area contributed by atoms with Crippen molar-refractivity contribution in [3.05, 3.63) is 24.3 Å². The minimum absolute atomic E-state index is 0.0636. The molecular formula is C21H38N2O3. The highest BCUT2D eigenvalue weighted by Crippen LogP contribution is 2.26. The van der Waals surface area contributed by atoms with Crippen LogP contribution in [0.4, 0.5) is 0 Å². The molecule has 1 aliphatic rings. The standard InChI is InChI=1S/C21H38N2O3/c1-8-12-22-17-13-15(20(24)25-11-4)14-18(26-16(9-2)10-3)19(17)23-21(5,6)7/h8,14,16-19,22-23H,1,9-13H2,2-7H3/t17-,18+,19+/m0/s1. The van der Waals surface area contributed by atoms with Crippen LogP contribution < -0.4 is 10.6 Å². The lowest BCUT2D eigenvalue weighted by molar-refractivity contribution is -0.139. The Balaban J connectivity index is 3.17. The minimum atomic E-state index is -0.245. The van der Waals surface area contributed by atoms with Gasteiger partial charge in [0.25, 0.3) is 0 Å². The molecule has 0 heterocycles. The average molecular weight is 367 g/mol. The van der Waals surface area contributed by atoms with Crippen LogP contribution in [0.2, 0.25) is 0 Å². The topological polar surface area (TPSA) is 59.6 Å². The van der Waals surface area contributed by atoms with Crippen molar-refractivity contribution in [2.75, 3.05) is 13.2 Å². The molecule has 0 aromatic heterocycles. The summed E-state index contributed by atoms with van der Waals surface area (Å²) in [6.45, 7) is 17.4. The van der Waals surface area contributed by atoms with Crippen molar-refractivity contribution in [3.63, 3.8) is 0 Å². The first-order chi connectivity index (χ1) is 12.3. The van der Waals surface area contributed by atoms with E-state index in [2.05, 4.69) is 51.8 Å². The lowest BCUT2D eigenvalue weighted by atomic mass is 9.86. The number of carbonyl (C=O) groups is 1. The number of carbonyl (C=O) groups excluding carboxylic acids is 1. The number of rotatable bonds is 10. The van der Waals surface area contributed by atoms with Crippen molar-refractivity contribution in [3.8, 4) is 0 Å². The summed E-state index contributed by atoms with van der Waals surface area (Å²) < 4.78 is 11.6. The van der Waals surface area contributed by atoms with E-state index in [-0.39, 0.29) is 35.8 Å². The number of esters is 1. The molecule has 0 saturated heterocycles. The molecule has 0 aromatic carbocycles. The molecule has 0 unspecified atom stereocenters. The molecule has 0 spiro atoms. The third-order valence-corrected chi connectivity index (χ3v) is 4.51. The smallest absolute Gasteiger partial charge is 0.333 e. The fourth-order valence-electron chi connectivity index (χ4n) is 3.28. The molecule has 3 atom stereocenters. The first-order valence-corrected chi connectivity index (χ1v) is 9.90. The number of hydrogen-bond donors (Lipinski definition) is 2. The van der Waals surface area contributed by atoms with Crippen LogP contribution in [0.5, 0.6) is 0 Å². The summed E-state index contributed by atoms with van der Waals surface area (Å²) >= 11 is 0. The van der Waals surface area contributed by atoms with E-state index in [1.165, 1.54) is 0 Å². The van der Waals surface area contributed by atoms with Gasteiger partial charge in [0.1, 0.15) is 0 Å². The van der Waals surface area contributed by atoms with Gasteiger partial charge in [0, 0.05) is 23.7 Å². The van der Waals surface area contributed by atoms with Gasteiger partial charge in [0.15, 0.2) is 0 Å². The molecule has 0 aliphatic heterocycles. The SMILES string of the molecule is C=CCN[C@H]1CC(C(=O)OCC)=C[C@@H](OC(CC)CC)[C@@H]1NC(C)(C)C. The largest absolute Gasteiger partial charge is 0.463 e. The highest BCUT2D eigenvalue weighted by Gasteiger charge is 2.38. The normalized spacial score (nSPS) is 23.7. The van der Waals surface area contributed by atoms with E-state index in [9.17, 15) is 4.79 Å². The Morgan fingerprint density at radius 3 is 2.50 bits per heavy atom. The molecular weight excluding hydrogens is 328 g/mol. The summed E-state index contributed by atoms with van der Waals surface area (Å²) in [5, 5.41) is 7.19. The first-order valence-electron chi connectivity index (χ1n) is 9.90. The monoisotopic (exact) mass is 366 g/mol. The van der Waals surface area contributed by atoms with Crippen molar-refractivity contribution < 1.29 is 14.3 Å². The minimum Gasteiger partial charge on any atom is -0.463 e. The van der Waals surface area contributed by atoms with Crippen LogP contribution in [0, 0.1) is 0 Å². The van der Waals surface area contributed by atoms with Gasteiger partial charge < -0.3 is 20.1 Å². The highest BCUT2D eigenvalue weighted by molar-refractivity contribution is 5.89. The predicted molar refractivity (Wildman–Crippen MR) is 107 cm³/mol. The van der Waals surface area contributed by atoms with Gasteiger partial charge in [-0.1, -0.05) is 19.9 Å². The van der Waals surface area contributed by atoms with E-state index in [1.54, 1.807) is 0 Å². The Kier molecular flexibility index (Phi) is 9.55. The van der Waals surface area contributed by atoms with Crippen molar-refractivity contribution in [2.45, 2.75) is 90.6 Å². The third-order valence-electron chi connectivity index (χ3n) is 4.51. The molecule has 2 N–H and O–H groups in total. The molecule has 0 aromatic rings. The van der Waals surface area contributed by atoms with Gasteiger partial charge >= 0.3 is 5.97 Å². The van der Waals surface area contributed by atoms with Crippen LogP contribution in [0.3, 0.4) is 0 Å². The van der Waals surface area contributed by atoms with Gasteiger partial charge in [-0.2, -0.15) is 0 Å². The second-order valence-electron chi connectivity index (χ2n) is 7.88. The van der Waals surface area contributed by atoms with Crippen molar-refractivity contribution in [1.82, 2.24) is 10.6 Å². The molecule has 0 saturated carbocycles. The Morgan fingerprint density at radius 1 is 1.35 bits per heavy atom. The summed E-state index contributed by atoms with van der Waals surface area (Å²) in [5.74, 6) is -0.245. The van der Waals surface area contributed by atoms with Crippen molar-refractivity contribution >= 4 is 5.97 Å². The third kappa shape index (κ3) is 7.22. The van der Waals surface area contributed by atoms with Crippen LogP contribution in [-0.4, -0.2) is 49.0 Å². The fraction of sp³-hybridized carbons (Fsp3) is 0.762. The highest BCUT2D eigenvalue weighted by atomic mass is 16.5. The van der Waals surface area contributed by atoms with Gasteiger partial charge in [-0.15, -0.1) is 6.58 Å². The van der Waals surface area contributed by atoms with Crippen LogP contribution in [0.1, 0.15) is 60.8 Å². The quantitative estimate of drug-likeness (QED) is 0.459. The summed E-state index contributed by atoms with van der Waals surface area (Å²) in [4.78, 5) is 12.4. The summed E-state index contributed by atoms with van der Waals surface area (Å²) in [7, 11) is 0. The molecule has 150 valence electrons. The van der Waals surface area contributed by atoms with Gasteiger partial charge in [-0.3, -0.25) is 0 Å². The van der Waals surface area contributed by atoms with Crippen LogP contribution in [0.25, 0.3) is 0 Å². The van der Waals surface area contributed by atoms with Gasteiger partial charge in [-0.25, -0.2) is 4.79 Å². The van der Waals surface area contributed by atoms with Gasteiger partial charge in [-0.05, 0) is 53.0 Å². The van der Waals surface area contributed by atoms with Crippen molar-refractivity contribution in [2.24, 2.45) is 0 Å². The van der Waals surface area contributed by atoms with Crippen LogP contribution in [-0.2, 0) is 14.3 Å². The number of hydrogen-bond acceptors (Lipinski definition) is 5. The molecule has 0 fully saturated rings. The molecule has 26 heavy (non-hydrogen) atoms. The average Bonchev–Trinajstić information content (AvgIpc) is 2.58. The van der Waals surface area contributed by atoms with Gasteiger partial charge in [0.2, 0.25) is 0 Å². The molecule has 0 radical (unpaired) electrons. The summed E-state index contributed by atoms with van der Waals surface area (Å²) in [5.41, 5.74) is 0.625. The van der Waals surface area contributed by atoms with E-state index < -0.39 is 0 Å². The molecule has 0 amide bonds. The zero-order valence-corrected chi connectivity index (χ0v) is 17.4. The van der Waals surface area contributed by atoms with Gasteiger partial charge in [0.05, 0.1) is 24.9 Å². The maximum Gasteiger partial charge on any atom is 0.333 e. The summed E-state index contributed by atoms with van der Waals surface area (Å²) in [6.07, 6.45) is 6.30. The molecule has 1 aliphatic carbocycles. The zero-order valence-electron chi connectivity index (χ0n) is 17.4. The molecule has 5 nitrogen and oxygen atoms in total. The van der Waals surface area contributed by atoms with Crippen molar-refractivity contribution in [1.29, 1.82) is 0 Å². The van der Waals surface area contributed by atoms with E-state index >= 15 is 0 Å². The van der Waals surface area contributed by atoms with E-state index in [4.69, 9.17) is 9.47 Å². The van der Waals surface area contributed by atoms with E-state index in [0.717, 1.165) is 12.8 Å². The van der Waals surface area contributed by atoms with Crippen LogP contribution >= 0.6 is 0 Å². The number of nitrogens with one attached hydrogen (secondary N) is 2.